The summed E-state index contributed by atoms with van der Waals surface area (Å²) in [5.74, 6) is -1.01. The number of nitriles is 1. The standard InChI is InChI=1S/C19H22N4O3/c1-13-5-7-16(8-6-13)11-23-15(3)18(14(2)22-23)19(25)26-12-17(24)21-10-4-9-20/h5-8H,4,10-12H2,1-3H3,(H,21,24). The van der Waals surface area contributed by atoms with Crippen molar-refractivity contribution in [3.8, 4) is 6.07 Å². The number of carbonyl (C=O) groups excluding carboxylic acids is 2. The van der Waals surface area contributed by atoms with E-state index in [0.717, 1.165) is 5.56 Å². The fourth-order valence-electron chi connectivity index (χ4n) is 2.52. The van der Waals surface area contributed by atoms with Crippen LogP contribution in [0.1, 0.15) is 39.3 Å². The maximum atomic E-state index is 12.3. The summed E-state index contributed by atoms with van der Waals surface area (Å²) in [6.45, 7) is 5.97. The third-order valence-corrected chi connectivity index (χ3v) is 3.93. The smallest absolute Gasteiger partial charge is 0.342 e. The minimum Gasteiger partial charge on any atom is -0.452 e. The lowest BCUT2D eigenvalue weighted by Gasteiger charge is -2.07. The lowest BCUT2D eigenvalue weighted by molar-refractivity contribution is -0.124. The third-order valence-electron chi connectivity index (χ3n) is 3.93. The minimum absolute atomic E-state index is 0.212. The van der Waals surface area contributed by atoms with Crippen molar-refractivity contribution in [3.63, 3.8) is 0 Å². The molecule has 1 aromatic heterocycles. The summed E-state index contributed by atoms with van der Waals surface area (Å²) in [4.78, 5) is 23.9. The van der Waals surface area contributed by atoms with Gasteiger partial charge in [0, 0.05) is 6.54 Å². The zero-order chi connectivity index (χ0) is 19.1. The highest BCUT2D eigenvalue weighted by molar-refractivity contribution is 5.93. The van der Waals surface area contributed by atoms with E-state index in [0.29, 0.717) is 23.5 Å². The van der Waals surface area contributed by atoms with Crippen LogP contribution in [-0.2, 0) is 16.1 Å². The van der Waals surface area contributed by atoms with Crippen molar-refractivity contribution in [1.29, 1.82) is 5.26 Å². The first kappa shape index (κ1) is 19.2. The molecule has 0 aliphatic heterocycles. The number of rotatable bonds is 7. The average Bonchev–Trinajstić information content (AvgIpc) is 2.89. The molecule has 1 heterocycles. The summed E-state index contributed by atoms with van der Waals surface area (Å²) in [5, 5.41) is 15.4. The molecule has 7 nitrogen and oxygen atoms in total. The second kappa shape index (κ2) is 8.81. The molecule has 1 N–H and O–H groups in total. The Balaban J connectivity index is 2.02. The SMILES string of the molecule is Cc1ccc(Cn2nc(C)c(C(=O)OCC(=O)NCCC#N)c2C)cc1. The molecule has 2 rings (SSSR count). The van der Waals surface area contributed by atoms with Crippen molar-refractivity contribution in [2.24, 2.45) is 0 Å². The number of amides is 1. The summed E-state index contributed by atoms with van der Waals surface area (Å²) >= 11 is 0. The topological polar surface area (TPSA) is 97.0 Å². The Kier molecular flexibility index (Phi) is 6.50. The van der Waals surface area contributed by atoms with Gasteiger partial charge in [-0.3, -0.25) is 9.48 Å². The monoisotopic (exact) mass is 354 g/mol. The van der Waals surface area contributed by atoms with E-state index < -0.39 is 11.9 Å². The summed E-state index contributed by atoms with van der Waals surface area (Å²) in [5.41, 5.74) is 3.89. The Labute approximate surface area is 152 Å². The second-order valence-electron chi connectivity index (χ2n) is 6.02. The molecule has 136 valence electrons. The van der Waals surface area contributed by atoms with Gasteiger partial charge < -0.3 is 10.1 Å². The molecule has 0 saturated carbocycles. The van der Waals surface area contributed by atoms with Crippen molar-refractivity contribution >= 4 is 11.9 Å². The first-order valence-electron chi connectivity index (χ1n) is 8.32. The lowest BCUT2D eigenvalue weighted by atomic mass is 10.1. The number of carbonyl (C=O) groups is 2. The Morgan fingerprint density at radius 3 is 2.58 bits per heavy atom. The van der Waals surface area contributed by atoms with Crippen LogP contribution >= 0.6 is 0 Å². The number of benzene rings is 1. The maximum Gasteiger partial charge on any atom is 0.342 e. The van der Waals surface area contributed by atoms with E-state index in [2.05, 4.69) is 10.4 Å². The van der Waals surface area contributed by atoms with Crippen molar-refractivity contribution < 1.29 is 14.3 Å². The summed E-state index contributed by atoms with van der Waals surface area (Å²) in [6, 6.07) is 10.0. The molecular weight excluding hydrogens is 332 g/mol. The van der Waals surface area contributed by atoms with Crippen LogP contribution in [0.5, 0.6) is 0 Å². The van der Waals surface area contributed by atoms with E-state index in [1.165, 1.54) is 5.56 Å². The molecule has 0 unspecified atom stereocenters. The first-order valence-corrected chi connectivity index (χ1v) is 8.32. The van der Waals surface area contributed by atoms with Gasteiger partial charge in [0.2, 0.25) is 0 Å². The highest BCUT2D eigenvalue weighted by atomic mass is 16.5. The molecule has 0 aliphatic carbocycles. The van der Waals surface area contributed by atoms with Gasteiger partial charge in [0.1, 0.15) is 5.56 Å². The fourth-order valence-corrected chi connectivity index (χ4v) is 2.52. The van der Waals surface area contributed by atoms with Gasteiger partial charge in [0.15, 0.2) is 6.61 Å². The van der Waals surface area contributed by atoms with Crippen LogP contribution in [-0.4, -0.2) is 34.8 Å². The highest BCUT2D eigenvalue weighted by Crippen LogP contribution is 2.16. The van der Waals surface area contributed by atoms with Gasteiger partial charge in [-0.2, -0.15) is 10.4 Å². The molecule has 26 heavy (non-hydrogen) atoms. The van der Waals surface area contributed by atoms with Gasteiger partial charge in [-0.15, -0.1) is 0 Å². The van der Waals surface area contributed by atoms with Crippen LogP contribution < -0.4 is 5.32 Å². The van der Waals surface area contributed by atoms with Gasteiger partial charge in [0.25, 0.3) is 5.91 Å². The number of aromatic nitrogens is 2. The number of ether oxygens (including phenoxy) is 1. The zero-order valence-electron chi connectivity index (χ0n) is 15.2. The Bertz CT molecular complexity index is 832. The number of nitrogens with zero attached hydrogens (tertiary/aromatic N) is 3. The fraction of sp³-hybridized carbons (Fsp3) is 0.368. The van der Waals surface area contributed by atoms with Crippen LogP contribution in [0.2, 0.25) is 0 Å². The van der Waals surface area contributed by atoms with E-state index in [1.54, 1.807) is 18.5 Å². The highest BCUT2D eigenvalue weighted by Gasteiger charge is 2.21. The molecule has 0 radical (unpaired) electrons. The molecule has 0 fully saturated rings. The quantitative estimate of drug-likeness (QED) is 0.606. The molecule has 1 amide bonds. The zero-order valence-corrected chi connectivity index (χ0v) is 15.2. The number of aryl methyl sites for hydroxylation is 2. The van der Waals surface area contributed by atoms with Crippen LogP contribution in [0.15, 0.2) is 24.3 Å². The molecule has 0 aliphatic rings. The van der Waals surface area contributed by atoms with Gasteiger partial charge in [-0.05, 0) is 26.3 Å². The van der Waals surface area contributed by atoms with E-state index in [-0.39, 0.29) is 19.6 Å². The molecule has 2 aromatic rings. The summed E-state index contributed by atoms with van der Waals surface area (Å²) in [6.07, 6.45) is 0.212. The van der Waals surface area contributed by atoms with Gasteiger partial charge in [0.05, 0.1) is 30.4 Å². The first-order chi connectivity index (χ1) is 12.4. The minimum atomic E-state index is -0.578. The van der Waals surface area contributed by atoms with Crippen molar-refractivity contribution in [1.82, 2.24) is 15.1 Å². The number of hydrogen-bond donors (Lipinski definition) is 1. The van der Waals surface area contributed by atoms with Crippen molar-refractivity contribution in [2.45, 2.75) is 33.7 Å². The van der Waals surface area contributed by atoms with E-state index in [1.807, 2.05) is 37.3 Å². The van der Waals surface area contributed by atoms with Crippen molar-refractivity contribution in [2.75, 3.05) is 13.2 Å². The third kappa shape index (κ3) is 4.93. The number of esters is 1. The van der Waals surface area contributed by atoms with E-state index in [9.17, 15) is 9.59 Å². The van der Waals surface area contributed by atoms with E-state index >= 15 is 0 Å². The molecular formula is C19H22N4O3. The molecule has 0 spiro atoms. The molecule has 1 aromatic carbocycles. The predicted molar refractivity (Wildman–Crippen MR) is 95.5 cm³/mol. The van der Waals surface area contributed by atoms with Crippen LogP contribution in [0.3, 0.4) is 0 Å². The average molecular weight is 354 g/mol. The Hall–Kier alpha value is -3.14. The largest absolute Gasteiger partial charge is 0.452 e. The normalized spacial score (nSPS) is 10.2. The molecule has 7 heteroatoms. The number of hydrogen-bond acceptors (Lipinski definition) is 5. The Morgan fingerprint density at radius 1 is 1.23 bits per heavy atom. The van der Waals surface area contributed by atoms with Crippen LogP contribution in [0.25, 0.3) is 0 Å². The summed E-state index contributed by atoms with van der Waals surface area (Å²) in [7, 11) is 0. The molecule has 0 bridgehead atoms. The summed E-state index contributed by atoms with van der Waals surface area (Å²) < 4.78 is 6.83. The molecule has 0 saturated heterocycles. The van der Waals surface area contributed by atoms with Gasteiger partial charge in [-0.1, -0.05) is 29.8 Å². The number of nitrogens with one attached hydrogen (secondary N) is 1. The Morgan fingerprint density at radius 2 is 1.92 bits per heavy atom. The van der Waals surface area contributed by atoms with E-state index in [4.69, 9.17) is 10.00 Å². The van der Waals surface area contributed by atoms with Crippen LogP contribution in [0, 0.1) is 32.1 Å². The molecule has 0 atom stereocenters. The van der Waals surface area contributed by atoms with Crippen LogP contribution in [0.4, 0.5) is 0 Å². The maximum absolute atomic E-state index is 12.3. The second-order valence-corrected chi connectivity index (χ2v) is 6.02. The van der Waals surface area contributed by atoms with Gasteiger partial charge in [-0.25, -0.2) is 4.79 Å². The predicted octanol–water partition coefficient (Wildman–Crippen LogP) is 2.04. The van der Waals surface area contributed by atoms with Crippen molar-refractivity contribution in [3.05, 3.63) is 52.3 Å². The van der Waals surface area contributed by atoms with Gasteiger partial charge >= 0.3 is 5.97 Å². The lowest BCUT2D eigenvalue weighted by Crippen LogP contribution is -2.29.